The Balaban J connectivity index is 1.31. The normalized spacial score (nSPS) is 20.0. The second kappa shape index (κ2) is 8.34. The van der Waals surface area contributed by atoms with Gasteiger partial charge in [0.25, 0.3) is 5.69 Å². The molecule has 2 amide bonds. The van der Waals surface area contributed by atoms with E-state index >= 15 is 0 Å². The van der Waals surface area contributed by atoms with Gasteiger partial charge in [0.2, 0.25) is 18.6 Å². The van der Waals surface area contributed by atoms with Crippen molar-refractivity contribution in [1.29, 1.82) is 0 Å². The molecule has 38 heavy (non-hydrogen) atoms. The van der Waals surface area contributed by atoms with Gasteiger partial charge in [0.1, 0.15) is 12.6 Å². The highest BCUT2D eigenvalue weighted by Gasteiger charge is 2.48. The average Bonchev–Trinajstić information content (AvgIpc) is 3.54. The van der Waals surface area contributed by atoms with Crippen LogP contribution < -0.4 is 9.47 Å². The second-order valence-corrected chi connectivity index (χ2v) is 9.72. The average molecular weight is 511 g/mol. The number of fused-ring (bicyclic) bond motifs is 5. The minimum Gasteiger partial charge on any atom is -0.454 e. The van der Waals surface area contributed by atoms with Crippen LogP contribution in [0.4, 0.5) is 5.69 Å². The number of H-pyrrole nitrogens is 1. The Morgan fingerprint density at radius 3 is 2.71 bits per heavy atom. The van der Waals surface area contributed by atoms with Crippen LogP contribution in [0.15, 0.2) is 66.7 Å². The summed E-state index contributed by atoms with van der Waals surface area (Å²) in [5.74, 6) is 0.873. The second-order valence-electron chi connectivity index (χ2n) is 9.72. The molecule has 0 radical (unpaired) electrons. The summed E-state index contributed by atoms with van der Waals surface area (Å²) in [5.41, 5.74) is 4.20. The molecule has 10 nitrogen and oxygen atoms in total. The van der Waals surface area contributed by atoms with Gasteiger partial charge in [0, 0.05) is 41.7 Å². The molecule has 1 aromatic heterocycles. The number of hydrogen-bond donors (Lipinski definition) is 1. The molecule has 190 valence electrons. The molecule has 2 atom stereocenters. The maximum absolute atomic E-state index is 13.9. The molecule has 3 aliphatic rings. The maximum Gasteiger partial charge on any atom is 0.269 e. The number of para-hydroxylation sites is 1. The predicted molar refractivity (Wildman–Crippen MR) is 136 cm³/mol. The van der Waals surface area contributed by atoms with E-state index in [2.05, 4.69) is 4.98 Å². The Labute approximate surface area is 216 Å². The number of hydrogen-bond acceptors (Lipinski definition) is 6. The molecule has 0 bridgehead atoms. The summed E-state index contributed by atoms with van der Waals surface area (Å²) in [4.78, 5) is 45.1. The van der Waals surface area contributed by atoms with E-state index in [9.17, 15) is 19.7 Å². The van der Waals surface area contributed by atoms with Gasteiger partial charge in [-0.1, -0.05) is 36.4 Å². The molecule has 0 saturated carbocycles. The monoisotopic (exact) mass is 510 g/mol. The number of carbonyl (C=O) groups excluding carboxylic acids is 2. The Hall–Kier alpha value is -4.86. The number of non-ortho nitro benzene ring substituents is 1. The standard InChI is InChI=1S/C28H22N4O6/c33-25-14-30(13-16-4-3-5-18(10-16)32(35)36)28(34)22-12-20-19-6-1-2-7-21(19)29-26(20)27(31(22)25)17-8-9-23-24(11-17)38-15-37-23/h1-11,22,27,29H,12-15H2/t22-,27-/m1/s1. The van der Waals surface area contributed by atoms with Crippen LogP contribution in [0.25, 0.3) is 10.9 Å². The molecule has 1 saturated heterocycles. The van der Waals surface area contributed by atoms with Crippen LogP contribution >= 0.6 is 0 Å². The lowest BCUT2D eigenvalue weighted by atomic mass is 9.86. The highest BCUT2D eigenvalue weighted by atomic mass is 16.7. The molecule has 0 unspecified atom stereocenters. The highest BCUT2D eigenvalue weighted by Crippen LogP contribution is 2.45. The van der Waals surface area contributed by atoms with Gasteiger partial charge in [-0.25, -0.2) is 0 Å². The predicted octanol–water partition coefficient (Wildman–Crippen LogP) is 3.69. The van der Waals surface area contributed by atoms with Crippen molar-refractivity contribution in [2.24, 2.45) is 0 Å². The summed E-state index contributed by atoms with van der Waals surface area (Å²) < 4.78 is 11.1. The summed E-state index contributed by atoms with van der Waals surface area (Å²) in [6.07, 6.45) is 0.371. The number of ether oxygens (including phenoxy) is 2. The van der Waals surface area contributed by atoms with Crippen molar-refractivity contribution in [2.45, 2.75) is 25.0 Å². The maximum atomic E-state index is 13.9. The minimum atomic E-state index is -0.711. The van der Waals surface area contributed by atoms with Gasteiger partial charge in [0.05, 0.1) is 11.0 Å². The van der Waals surface area contributed by atoms with Crippen LogP contribution in [-0.4, -0.2) is 50.9 Å². The number of carbonyl (C=O) groups is 2. The molecule has 10 heteroatoms. The van der Waals surface area contributed by atoms with Crippen molar-refractivity contribution in [3.8, 4) is 11.5 Å². The first kappa shape index (κ1) is 22.3. The number of aromatic nitrogens is 1. The molecule has 4 aromatic rings. The van der Waals surface area contributed by atoms with Crippen LogP contribution in [-0.2, 0) is 22.6 Å². The van der Waals surface area contributed by atoms with Crippen LogP contribution in [0.2, 0.25) is 0 Å². The number of nitro groups is 1. The summed E-state index contributed by atoms with van der Waals surface area (Å²) in [6.45, 7) is 0.137. The van der Waals surface area contributed by atoms with E-state index in [4.69, 9.17) is 9.47 Å². The lowest BCUT2D eigenvalue weighted by molar-refractivity contribution is -0.384. The third kappa shape index (κ3) is 3.41. The van der Waals surface area contributed by atoms with E-state index in [0.717, 1.165) is 27.7 Å². The van der Waals surface area contributed by atoms with Crippen molar-refractivity contribution in [1.82, 2.24) is 14.8 Å². The van der Waals surface area contributed by atoms with Crippen LogP contribution in [0, 0.1) is 10.1 Å². The SMILES string of the molecule is O=C1[C@H]2Cc3c([nH]c4ccccc34)[C@@H](c3ccc4c(c3)OCO4)N2C(=O)CN1Cc1cccc([N+](=O)[O-])c1. The molecule has 3 aliphatic heterocycles. The summed E-state index contributed by atoms with van der Waals surface area (Å²) in [6, 6.07) is 18.5. The van der Waals surface area contributed by atoms with Crippen molar-refractivity contribution >= 4 is 28.4 Å². The highest BCUT2D eigenvalue weighted by molar-refractivity contribution is 5.97. The number of benzene rings is 3. The van der Waals surface area contributed by atoms with E-state index < -0.39 is 17.0 Å². The molecule has 1 fully saturated rings. The van der Waals surface area contributed by atoms with Crippen molar-refractivity contribution in [2.75, 3.05) is 13.3 Å². The molecule has 0 aliphatic carbocycles. The summed E-state index contributed by atoms with van der Waals surface area (Å²) >= 11 is 0. The van der Waals surface area contributed by atoms with E-state index in [1.807, 2.05) is 42.5 Å². The first-order valence-corrected chi connectivity index (χ1v) is 12.3. The smallest absolute Gasteiger partial charge is 0.269 e. The number of nitro benzene ring substituents is 1. The number of aromatic amines is 1. The van der Waals surface area contributed by atoms with E-state index in [1.54, 1.807) is 17.0 Å². The lowest BCUT2D eigenvalue weighted by Gasteiger charge is -2.47. The zero-order valence-corrected chi connectivity index (χ0v) is 20.1. The lowest BCUT2D eigenvalue weighted by Crippen LogP contribution is -2.62. The largest absolute Gasteiger partial charge is 0.454 e. The Morgan fingerprint density at radius 2 is 1.84 bits per heavy atom. The van der Waals surface area contributed by atoms with Gasteiger partial charge in [-0.2, -0.15) is 0 Å². The first-order chi connectivity index (χ1) is 18.5. The number of nitrogens with zero attached hydrogens (tertiary/aromatic N) is 3. The molecule has 1 N–H and O–H groups in total. The summed E-state index contributed by atoms with van der Waals surface area (Å²) in [7, 11) is 0. The topological polar surface area (TPSA) is 118 Å². The number of rotatable bonds is 4. The zero-order valence-electron chi connectivity index (χ0n) is 20.1. The van der Waals surface area contributed by atoms with Crippen LogP contribution in [0.5, 0.6) is 11.5 Å². The Morgan fingerprint density at radius 1 is 1.00 bits per heavy atom. The quantitative estimate of drug-likeness (QED) is 0.331. The number of nitrogens with one attached hydrogen (secondary N) is 1. The van der Waals surface area contributed by atoms with Gasteiger partial charge < -0.3 is 24.3 Å². The van der Waals surface area contributed by atoms with Crippen molar-refractivity contribution in [3.63, 3.8) is 0 Å². The molecular weight excluding hydrogens is 488 g/mol. The van der Waals surface area contributed by atoms with Gasteiger partial charge in [0.15, 0.2) is 11.5 Å². The van der Waals surface area contributed by atoms with E-state index in [-0.39, 0.29) is 37.4 Å². The zero-order chi connectivity index (χ0) is 26.0. The van der Waals surface area contributed by atoms with Gasteiger partial charge in [-0.05, 0) is 34.9 Å². The third-order valence-corrected chi connectivity index (χ3v) is 7.55. The van der Waals surface area contributed by atoms with Crippen LogP contribution in [0.3, 0.4) is 0 Å². The summed E-state index contributed by atoms with van der Waals surface area (Å²) in [5, 5.41) is 12.3. The number of piperazine rings is 1. The fourth-order valence-corrected chi connectivity index (χ4v) is 5.88. The van der Waals surface area contributed by atoms with E-state index in [1.165, 1.54) is 17.0 Å². The fraction of sp³-hybridized carbons (Fsp3) is 0.214. The minimum absolute atomic E-state index is 0.0520. The Kier molecular flexibility index (Phi) is 4.90. The molecule has 0 spiro atoms. The molecule has 3 aromatic carbocycles. The fourth-order valence-electron chi connectivity index (χ4n) is 5.88. The Bertz CT molecular complexity index is 1650. The van der Waals surface area contributed by atoms with Crippen molar-refractivity contribution in [3.05, 3.63) is 99.2 Å². The molecule has 7 rings (SSSR count). The van der Waals surface area contributed by atoms with Crippen LogP contribution in [0.1, 0.15) is 28.4 Å². The van der Waals surface area contributed by atoms with Gasteiger partial charge in [-0.3, -0.25) is 19.7 Å². The first-order valence-electron chi connectivity index (χ1n) is 12.3. The van der Waals surface area contributed by atoms with Crippen molar-refractivity contribution < 1.29 is 24.0 Å². The van der Waals surface area contributed by atoms with E-state index in [0.29, 0.717) is 23.5 Å². The number of amides is 2. The van der Waals surface area contributed by atoms with Gasteiger partial charge in [-0.15, -0.1) is 0 Å². The van der Waals surface area contributed by atoms with Gasteiger partial charge >= 0.3 is 0 Å². The molecular formula is C28H22N4O6. The molecule has 4 heterocycles. The third-order valence-electron chi connectivity index (χ3n) is 7.55.